The Kier molecular flexibility index (Phi) is 4.91. The molecule has 2 nitrogen and oxygen atoms in total. The molecule has 0 radical (unpaired) electrons. The maximum absolute atomic E-state index is 13.4. The topological polar surface area (TPSA) is 35.2 Å². The van der Waals surface area contributed by atoms with Crippen LogP contribution in [0.1, 0.15) is 18.1 Å². The third-order valence-electron chi connectivity index (χ3n) is 2.91. The summed E-state index contributed by atoms with van der Waals surface area (Å²) in [7, 11) is 0. The summed E-state index contributed by atoms with van der Waals surface area (Å²) >= 11 is 0. The molecule has 20 heavy (non-hydrogen) atoms. The predicted molar refractivity (Wildman–Crippen MR) is 80.1 cm³/mol. The van der Waals surface area contributed by atoms with Gasteiger partial charge in [-0.25, -0.2) is 4.39 Å². The van der Waals surface area contributed by atoms with E-state index in [-0.39, 0.29) is 5.82 Å². The first-order valence-corrected chi connectivity index (χ1v) is 6.64. The van der Waals surface area contributed by atoms with Crippen molar-refractivity contribution in [1.82, 2.24) is 0 Å². The standard InChI is InChI=1S/C17H18FNO/c1-2-20-16-8-4-6-14(12-16)17(9-10-19)13-5-3-7-15(18)11-13/h3-9,11-12H,2,10,19H2,1H3/b17-9-. The summed E-state index contributed by atoms with van der Waals surface area (Å²) in [5.74, 6) is 0.538. The molecular formula is C17H18FNO. The van der Waals surface area contributed by atoms with Crippen molar-refractivity contribution in [2.24, 2.45) is 5.73 Å². The van der Waals surface area contributed by atoms with Crippen LogP contribution in [0.2, 0.25) is 0 Å². The minimum Gasteiger partial charge on any atom is -0.494 e. The zero-order chi connectivity index (χ0) is 14.4. The molecule has 0 saturated carbocycles. The third kappa shape index (κ3) is 3.45. The number of hydrogen-bond acceptors (Lipinski definition) is 2. The van der Waals surface area contributed by atoms with Crippen molar-refractivity contribution < 1.29 is 9.13 Å². The lowest BCUT2D eigenvalue weighted by Crippen LogP contribution is -1.98. The van der Waals surface area contributed by atoms with Gasteiger partial charge in [-0.1, -0.05) is 30.3 Å². The second-order valence-electron chi connectivity index (χ2n) is 4.32. The highest BCUT2D eigenvalue weighted by atomic mass is 19.1. The van der Waals surface area contributed by atoms with Gasteiger partial charge >= 0.3 is 0 Å². The van der Waals surface area contributed by atoms with E-state index in [1.165, 1.54) is 12.1 Å². The van der Waals surface area contributed by atoms with Gasteiger partial charge in [-0.15, -0.1) is 0 Å². The van der Waals surface area contributed by atoms with Crippen molar-refractivity contribution in [2.45, 2.75) is 6.92 Å². The second-order valence-corrected chi connectivity index (χ2v) is 4.32. The molecule has 0 unspecified atom stereocenters. The van der Waals surface area contributed by atoms with Crippen LogP contribution in [0.4, 0.5) is 4.39 Å². The van der Waals surface area contributed by atoms with E-state index in [4.69, 9.17) is 10.5 Å². The van der Waals surface area contributed by atoms with Crippen LogP contribution in [-0.4, -0.2) is 13.2 Å². The Hall–Kier alpha value is -2.13. The van der Waals surface area contributed by atoms with Gasteiger partial charge in [0.2, 0.25) is 0 Å². The SMILES string of the molecule is CCOc1cccc(/C(=C\CN)c2cccc(F)c2)c1. The van der Waals surface area contributed by atoms with Crippen LogP contribution < -0.4 is 10.5 Å². The van der Waals surface area contributed by atoms with Crippen LogP contribution in [0.25, 0.3) is 5.57 Å². The maximum Gasteiger partial charge on any atom is 0.123 e. The average Bonchev–Trinajstić information content (AvgIpc) is 2.45. The van der Waals surface area contributed by atoms with Crippen molar-refractivity contribution in [3.63, 3.8) is 0 Å². The fourth-order valence-electron chi connectivity index (χ4n) is 2.10. The lowest BCUT2D eigenvalue weighted by atomic mass is 9.97. The third-order valence-corrected chi connectivity index (χ3v) is 2.91. The van der Waals surface area contributed by atoms with Gasteiger partial charge in [0.1, 0.15) is 11.6 Å². The van der Waals surface area contributed by atoms with Crippen LogP contribution in [0.3, 0.4) is 0 Å². The molecule has 2 aromatic rings. The largest absolute Gasteiger partial charge is 0.494 e. The smallest absolute Gasteiger partial charge is 0.123 e. The Morgan fingerprint density at radius 3 is 2.50 bits per heavy atom. The molecular weight excluding hydrogens is 253 g/mol. The first-order valence-electron chi connectivity index (χ1n) is 6.64. The summed E-state index contributed by atoms with van der Waals surface area (Å²) in [5, 5.41) is 0. The first kappa shape index (κ1) is 14.3. The molecule has 0 atom stereocenters. The Balaban J connectivity index is 2.44. The Bertz CT molecular complexity index is 607. The molecule has 0 aliphatic heterocycles. The number of rotatable bonds is 5. The molecule has 0 amide bonds. The van der Waals surface area contributed by atoms with Crippen LogP contribution in [0.5, 0.6) is 5.75 Å². The molecule has 2 aromatic carbocycles. The first-order chi connectivity index (χ1) is 9.74. The van der Waals surface area contributed by atoms with Gasteiger partial charge in [0.05, 0.1) is 6.61 Å². The van der Waals surface area contributed by atoms with Crippen molar-refractivity contribution >= 4 is 5.57 Å². The zero-order valence-electron chi connectivity index (χ0n) is 11.5. The van der Waals surface area contributed by atoms with E-state index in [2.05, 4.69) is 0 Å². The highest BCUT2D eigenvalue weighted by Crippen LogP contribution is 2.26. The molecule has 0 aromatic heterocycles. The zero-order valence-corrected chi connectivity index (χ0v) is 11.5. The molecule has 0 aliphatic carbocycles. The summed E-state index contributed by atoms with van der Waals surface area (Å²) in [5.41, 5.74) is 8.32. The number of nitrogens with two attached hydrogens (primary N) is 1. The Labute approximate surface area is 118 Å². The molecule has 0 saturated heterocycles. The van der Waals surface area contributed by atoms with Gasteiger partial charge in [0.15, 0.2) is 0 Å². The Morgan fingerprint density at radius 2 is 1.85 bits per heavy atom. The van der Waals surface area contributed by atoms with Crippen LogP contribution in [0, 0.1) is 5.82 Å². The molecule has 2 rings (SSSR count). The highest BCUT2D eigenvalue weighted by Gasteiger charge is 2.07. The second kappa shape index (κ2) is 6.87. The lowest BCUT2D eigenvalue weighted by molar-refractivity contribution is 0.340. The highest BCUT2D eigenvalue weighted by molar-refractivity contribution is 5.80. The number of halogens is 1. The van der Waals surface area contributed by atoms with Gasteiger partial charge < -0.3 is 10.5 Å². The molecule has 104 valence electrons. The number of hydrogen-bond donors (Lipinski definition) is 1. The van der Waals surface area contributed by atoms with Crippen LogP contribution >= 0.6 is 0 Å². The van der Waals surface area contributed by atoms with E-state index < -0.39 is 0 Å². The van der Waals surface area contributed by atoms with Crippen LogP contribution in [0.15, 0.2) is 54.6 Å². The van der Waals surface area contributed by atoms with Gasteiger partial charge in [-0.05, 0) is 47.9 Å². The number of ether oxygens (including phenoxy) is 1. The molecule has 3 heteroatoms. The van der Waals surface area contributed by atoms with Gasteiger partial charge in [0.25, 0.3) is 0 Å². The molecule has 0 fully saturated rings. The fourth-order valence-corrected chi connectivity index (χ4v) is 2.10. The van der Waals surface area contributed by atoms with E-state index in [0.29, 0.717) is 13.2 Å². The summed E-state index contributed by atoms with van der Waals surface area (Å²) in [4.78, 5) is 0. The number of benzene rings is 2. The summed E-state index contributed by atoms with van der Waals surface area (Å²) in [6.07, 6.45) is 1.89. The van der Waals surface area contributed by atoms with Crippen molar-refractivity contribution in [1.29, 1.82) is 0 Å². The summed E-state index contributed by atoms with van der Waals surface area (Å²) < 4.78 is 18.9. The minimum absolute atomic E-state index is 0.258. The van der Waals surface area contributed by atoms with Crippen molar-refractivity contribution in [3.8, 4) is 5.75 Å². The molecule has 0 heterocycles. The van der Waals surface area contributed by atoms with Crippen LogP contribution in [-0.2, 0) is 0 Å². The predicted octanol–water partition coefficient (Wildman–Crippen LogP) is 3.61. The quantitative estimate of drug-likeness (QED) is 0.901. The van der Waals surface area contributed by atoms with Crippen molar-refractivity contribution in [3.05, 3.63) is 71.6 Å². The van der Waals surface area contributed by atoms with Gasteiger partial charge in [0, 0.05) is 6.54 Å². The van der Waals surface area contributed by atoms with E-state index in [1.807, 2.05) is 43.3 Å². The average molecular weight is 271 g/mol. The van der Waals surface area contributed by atoms with E-state index in [1.54, 1.807) is 6.07 Å². The van der Waals surface area contributed by atoms with Crippen molar-refractivity contribution in [2.75, 3.05) is 13.2 Å². The molecule has 0 aliphatic rings. The van der Waals surface area contributed by atoms with E-state index >= 15 is 0 Å². The fraction of sp³-hybridized carbons (Fsp3) is 0.176. The molecule has 0 spiro atoms. The molecule has 0 bridgehead atoms. The Morgan fingerprint density at radius 1 is 1.15 bits per heavy atom. The van der Waals surface area contributed by atoms with E-state index in [9.17, 15) is 4.39 Å². The van der Waals surface area contributed by atoms with Gasteiger partial charge in [-0.2, -0.15) is 0 Å². The van der Waals surface area contributed by atoms with E-state index in [0.717, 1.165) is 22.4 Å². The lowest BCUT2D eigenvalue weighted by Gasteiger charge is -2.11. The molecule has 2 N–H and O–H groups in total. The monoisotopic (exact) mass is 271 g/mol. The maximum atomic E-state index is 13.4. The summed E-state index contributed by atoms with van der Waals surface area (Å²) in [6, 6.07) is 14.2. The van der Waals surface area contributed by atoms with Gasteiger partial charge in [-0.3, -0.25) is 0 Å². The normalized spacial score (nSPS) is 11.4. The summed E-state index contributed by atoms with van der Waals surface area (Å²) in [6.45, 7) is 2.94. The minimum atomic E-state index is -0.258.